The lowest BCUT2D eigenvalue weighted by molar-refractivity contribution is -0.159. The fourth-order valence-corrected chi connectivity index (χ4v) is 12.3. The maximum absolute atomic E-state index is 15.0. The second kappa shape index (κ2) is 49.8. The maximum atomic E-state index is 15.0. The number of rotatable bonds is 38. The van der Waals surface area contributed by atoms with Crippen molar-refractivity contribution < 1.29 is 131 Å². The zero-order valence-corrected chi connectivity index (χ0v) is 67.2. The van der Waals surface area contributed by atoms with Crippen LogP contribution < -0.4 is 81.0 Å². The Hall–Kier alpha value is -12.0. The summed E-state index contributed by atoms with van der Waals surface area (Å²) < 4.78 is 10.8. The normalized spacial score (nSPS) is 22.2. The third-order valence-corrected chi connectivity index (χ3v) is 19.5. The van der Waals surface area contributed by atoms with Crippen molar-refractivity contribution in [3.05, 3.63) is 36.0 Å². The number of unbranched alkanes of at least 4 members (excludes halogenated alkanes) is 4. The molecule has 1 aliphatic heterocycles. The predicted molar refractivity (Wildman–Crippen MR) is 413 cm³/mol. The van der Waals surface area contributed by atoms with Gasteiger partial charge in [-0.3, -0.25) is 86.3 Å². The Kier molecular flexibility index (Phi) is 42.3. The van der Waals surface area contributed by atoms with Gasteiger partial charge >= 0.3 is 29.8 Å². The van der Waals surface area contributed by atoms with Crippen LogP contribution in [0.5, 0.6) is 0 Å². The molecule has 2 aromatic rings. The number of H-pyrrole nitrogens is 1. The summed E-state index contributed by atoms with van der Waals surface area (Å²) in [4.78, 5) is 278. The van der Waals surface area contributed by atoms with E-state index < -0.39 is 260 Å². The number of nitrogens with two attached hydrogens (primary N) is 3. The Morgan fingerprint density at radius 3 is 1.83 bits per heavy atom. The number of ether oxygens (including phenoxy) is 2. The van der Waals surface area contributed by atoms with E-state index >= 15 is 4.79 Å². The number of hydrogen-bond acceptors (Lipinski definition) is 24. The molecule has 1 saturated heterocycles. The Morgan fingerprint density at radius 1 is 0.619 bits per heavy atom. The van der Waals surface area contributed by atoms with Crippen LogP contribution in [0.3, 0.4) is 0 Å². The van der Waals surface area contributed by atoms with Gasteiger partial charge in [0, 0.05) is 50.5 Å². The number of aromatic amines is 1. The zero-order chi connectivity index (χ0) is 89.0. The van der Waals surface area contributed by atoms with Crippen LogP contribution in [0.15, 0.2) is 30.5 Å². The van der Waals surface area contributed by atoms with E-state index in [1.807, 2.05) is 10.6 Å². The summed E-state index contributed by atoms with van der Waals surface area (Å²) >= 11 is 0. The fraction of sp³-hybridized carbons (Fsp3) is 0.622. The van der Waals surface area contributed by atoms with E-state index in [0.29, 0.717) is 40.1 Å². The summed E-state index contributed by atoms with van der Waals surface area (Å²) in [5.74, 6) is -30.5. The highest BCUT2D eigenvalue weighted by atomic mass is 16.5. The van der Waals surface area contributed by atoms with Gasteiger partial charge in [-0.2, -0.15) is 0 Å². The van der Waals surface area contributed by atoms with Gasteiger partial charge in [0.15, 0.2) is 12.2 Å². The molecule has 0 saturated carbocycles. The fourth-order valence-electron chi connectivity index (χ4n) is 12.3. The topological polar surface area (TPSA) is 702 Å². The highest BCUT2D eigenvalue weighted by Gasteiger charge is 2.44. The van der Waals surface area contributed by atoms with E-state index in [9.17, 15) is 117 Å². The van der Waals surface area contributed by atoms with Gasteiger partial charge in [-0.15, -0.1) is 0 Å². The van der Waals surface area contributed by atoms with Crippen LogP contribution in [0.25, 0.3) is 10.9 Å². The molecule has 0 spiro atoms. The molecule has 1 aliphatic rings. The first-order chi connectivity index (χ1) is 55.5. The van der Waals surface area contributed by atoms with Crippen LogP contribution in [-0.2, 0) is 112 Å². The van der Waals surface area contributed by atoms with Gasteiger partial charge < -0.3 is 126 Å². The first kappa shape index (κ1) is 100. The molecule has 44 nitrogen and oxygen atoms in total. The van der Waals surface area contributed by atoms with E-state index in [1.54, 1.807) is 30.5 Å². The zero-order valence-electron chi connectivity index (χ0n) is 67.2. The van der Waals surface area contributed by atoms with Gasteiger partial charge in [0.05, 0.1) is 32.4 Å². The number of primary amides is 2. The monoisotopic (exact) mass is 1670 g/mol. The third-order valence-electron chi connectivity index (χ3n) is 19.5. The van der Waals surface area contributed by atoms with Crippen LogP contribution in [0.1, 0.15) is 157 Å². The van der Waals surface area contributed by atoms with Gasteiger partial charge in [0.25, 0.3) is 0 Å². The van der Waals surface area contributed by atoms with Crippen molar-refractivity contribution in [2.75, 3.05) is 33.8 Å². The lowest BCUT2D eigenvalue weighted by atomic mass is 9.94. The number of aliphatic hydroxyl groups is 1. The molecule has 0 radical (unpaired) electrons. The first-order valence-corrected chi connectivity index (χ1v) is 38.4. The van der Waals surface area contributed by atoms with Gasteiger partial charge in [-0.05, 0) is 81.9 Å². The number of carbonyl (C=O) groups excluding carboxylic acids is 16. The maximum Gasteiger partial charge on any atom is 0.335 e. The van der Waals surface area contributed by atoms with Crippen LogP contribution in [0, 0.1) is 17.8 Å². The molecule has 656 valence electrons. The molecule has 24 N–H and O–H groups in total. The Morgan fingerprint density at radius 2 is 1.23 bits per heavy atom. The SMILES string of the molecule is CCC(C)CCCCCCC(=O)N[C@@H](Cc1c[nH]c2ccccc12)C(=O)N[C@H](CCC(=O)O)C(=O)N[C@H](C(=O)N[C@@H]1C(=O)N(C)CC(=O)N[C@@H](C)C(=O)N[C@@H](CC(=O)O)C(=O)N[C@H](CCCCN)C(=O)N[C@@H]([C@@H](OC)C(=O)O)C(=O)NCC(=O)N[C@H](CC(N)=O)C(=O)N[C@@H]([C@H](C)CC(=O)O)C(=O)N[C@@H]([C@@H](C)CC)C(=O)O[C@@H]1C)[C@@H](O)C(N)=O. The molecular formula is C74H113N17O27. The van der Waals surface area contributed by atoms with Crippen LogP contribution in [0.2, 0.25) is 0 Å². The van der Waals surface area contributed by atoms with Crippen molar-refractivity contribution >= 4 is 129 Å². The van der Waals surface area contributed by atoms with Gasteiger partial charge in [0.2, 0.25) is 88.6 Å². The number of methoxy groups -OCH3 is 1. The minimum atomic E-state index is -2.80. The molecule has 2 heterocycles. The van der Waals surface area contributed by atoms with Crippen LogP contribution in [0.4, 0.5) is 0 Å². The van der Waals surface area contributed by atoms with Gasteiger partial charge in [-0.25, -0.2) is 9.59 Å². The number of aromatic nitrogens is 1. The Balaban J connectivity index is 2.30. The standard InChI is InChI=1S/C74H113N17O27/c1-10-35(3)20-14-12-13-15-24-49(93)81-45(29-40-32-78-42-22-17-16-21-41(40)42)66(107)84-44(25-26-52(96)97)65(106)89-58(60(102)62(77)103)71(112)88-57-39(7)118-74(116)56(36(4)11-2)87-70(111)55(37(5)28-53(98)99)86-68(109)46(30-48(76)92)82-50(94)33-79-69(110)59(61(117-9)73(114)115)90-64(105)43(23-18-19-27-75)83-67(108)47(31-54(100)101)85-63(104)38(6)80-51(95)34-91(8)72(57)113/h16-17,21-22,32,35-39,43-47,55-61,78,102H,10-15,18-20,23-31,33-34,75H2,1-9H3,(H2,76,92)(H2,77,103)(H,79,110)(H,80,95)(H,81,93)(H,82,94)(H,83,108)(H,84,107)(H,85,104)(H,86,109)(H,87,111)(H,88,112)(H,89,106)(H,90,105)(H,96,97)(H,98,99)(H,100,101)(H,114,115)/t35?,36-,37+,38-,39+,43+,44+,45-,46+,47-,55-,56-,57-,58-,59-,60+,61+/m0/s1. The molecule has 0 bridgehead atoms. The minimum absolute atomic E-state index is 0.00432. The molecular weight excluding hydrogens is 1560 g/mol. The van der Waals surface area contributed by atoms with Crippen molar-refractivity contribution in [3.63, 3.8) is 0 Å². The predicted octanol–water partition coefficient (Wildman–Crippen LogP) is -5.58. The molecule has 1 aromatic heterocycles. The summed E-state index contributed by atoms with van der Waals surface area (Å²) in [5, 5.41) is 78.5. The van der Waals surface area contributed by atoms with E-state index in [1.165, 1.54) is 13.8 Å². The molecule has 3 rings (SSSR count). The van der Waals surface area contributed by atoms with Crippen molar-refractivity contribution in [2.24, 2.45) is 35.0 Å². The van der Waals surface area contributed by atoms with Crippen molar-refractivity contribution in [1.82, 2.24) is 73.7 Å². The summed E-state index contributed by atoms with van der Waals surface area (Å²) in [6.45, 7) is 7.81. The van der Waals surface area contributed by atoms with E-state index in [-0.39, 0.29) is 45.1 Å². The van der Waals surface area contributed by atoms with Crippen molar-refractivity contribution in [3.8, 4) is 0 Å². The summed E-state index contributed by atoms with van der Waals surface area (Å²) in [5.41, 5.74) is 17.8. The number of esters is 1. The number of nitrogens with one attached hydrogen (secondary N) is 13. The molecule has 118 heavy (non-hydrogen) atoms. The highest BCUT2D eigenvalue weighted by molar-refractivity contribution is 6.03. The number of carbonyl (C=O) groups is 20. The molecule has 17 atom stereocenters. The molecule has 44 heteroatoms. The van der Waals surface area contributed by atoms with Crippen LogP contribution >= 0.6 is 0 Å². The molecule has 1 fully saturated rings. The number of carboxylic acid groups (broad SMARTS) is 4. The number of aliphatic carboxylic acids is 4. The summed E-state index contributed by atoms with van der Waals surface area (Å²) in [7, 11) is 1.70. The number of amides is 15. The number of benzene rings is 1. The molecule has 0 aliphatic carbocycles. The number of likely N-dealkylation sites (N-methyl/N-ethyl adjacent to an activating group) is 1. The molecule has 15 amide bonds. The largest absolute Gasteiger partial charge is 0.481 e. The minimum Gasteiger partial charge on any atom is -0.481 e. The second-order valence-corrected chi connectivity index (χ2v) is 29.0. The molecule has 1 unspecified atom stereocenters. The molecule has 1 aromatic carbocycles. The number of carboxylic acids is 4. The van der Waals surface area contributed by atoms with E-state index in [2.05, 4.69) is 72.0 Å². The van der Waals surface area contributed by atoms with Gasteiger partial charge in [0.1, 0.15) is 72.6 Å². The van der Waals surface area contributed by atoms with Gasteiger partial charge in [-0.1, -0.05) is 91.3 Å². The number of para-hydroxylation sites is 1. The van der Waals surface area contributed by atoms with Crippen molar-refractivity contribution in [2.45, 2.75) is 242 Å². The number of hydrogen-bond donors (Lipinski definition) is 21. The highest BCUT2D eigenvalue weighted by Crippen LogP contribution is 2.22. The average Bonchev–Trinajstić information content (AvgIpc) is 1.72. The Labute approximate surface area is 678 Å². The lowest BCUT2D eigenvalue weighted by Crippen LogP contribution is -2.64. The average molecular weight is 1670 g/mol. The first-order valence-electron chi connectivity index (χ1n) is 38.4. The lowest BCUT2D eigenvalue weighted by Gasteiger charge is -2.33. The quantitative estimate of drug-likeness (QED) is 0.0220. The number of fused-ring (bicyclic) bond motifs is 1. The smallest absolute Gasteiger partial charge is 0.335 e. The van der Waals surface area contributed by atoms with Crippen molar-refractivity contribution in [1.29, 1.82) is 0 Å². The summed E-state index contributed by atoms with van der Waals surface area (Å²) in [6.07, 6.45) is -6.14. The van der Waals surface area contributed by atoms with Crippen LogP contribution in [-0.4, -0.2) is 272 Å². The number of nitrogens with zero attached hydrogens (tertiary/aromatic N) is 1. The second-order valence-electron chi connectivity index (χ2n) is 29.0. The van der Waals surface area contributed by atoms with E-state index in [0.717, 1.165) is 60.6 Å². The number of aliphatic hydroxyl groups excluding tert-OH is 1. The third kappa shape index (κ3) is 33.3. The number of cyclic esters (lactones) is 1. The summed E-state index contributed by atoms with van der Waals surface area (Å²) in [6, 6.07) is -15.7. The Bertz CT molecular complexity index is 3910. The van der Waals surface area contributed by atoms with E-state index in [4.69, 9.17) is 26.7 Å².